The number of sulfone groups is 1. The number of ether oxygens (including phenoxy) is 1. The highest BCUT2D eigenvalue weighted by Crippen LogP contribution is 2.40. The second-order valence-corrected chi connectivity index (χ2v) is 10.8. The Morgan fingerprint density at radius 3 is 2.20 bits per heavy atom. The Labute approximate surface area is 207 Å². The van der Waals surface area contributed by atoms with Crippen molar-refractivity contribution in [2.75, 3.05) is 5.75 Å². The van der Waals surface area contributed by atoms with Crippen LogP contribution < -0.4 is 4.74 Å². The first kappa shape index (κ1) is 26.2. The zero-order valence-electron chi connectivity index (χ0n) is 20.7. The zero-order valence-corrected chi connectivity index (χ0v) is 21.5. The van der Waals surface area contributed by atoms with Gasteiger partial charge in [-0.3, -0.25) is 4.79 Å². The maximum Gasteiger partial charge on any atom is 0.308 e. The molecule has 0 heterocycles. The third-order valence-electron chi connectivity index (χ3n) is 5.96. The van der Waals surface area contributed by atoms with Gasteiger partial charge in [0.1, 0.15) is 11.5 Å². The van der Waals surface area contributed by atoms with E-state index in [1.165, 1.54) is 6.92 Å². The van der Waals surface area contributed by atoms with Crippen LogP contribution in [-0.2, 0) is 21.1 Å². The molecule has 0 radical (unpaired) electrons. The molecule has 0 aromatic heterocycles. The Morgan fingerprint density at radius 1 is 0.914 bits per heavy atom. The summed E-state index contributed by atoms with van der Waals surface area (Å²) in [6.45, 7) is 7.07. The molecule has 0 fully saturated rings. The van der Waals surface area contributed by atoms with Gasteiger partial charge in [0.15, 0.2) is 9.84 Å². The van der Waals surface area contributed by atoms with Gasteiger partial charge < -0.3 is 9.84 Å². The Bertz CT molecular complexity index is 1380. The molecule has 35 heavy (non-hydrogen) atoms. The highest BCUT2D eigenvalue weighted by Gasteiger charge is 2.18. The number of carbonyl (C=O) groups is 1. The molecule has 0 aliphatic heterocycles. The van der Waals surface area contributed by atoms with E-state index in [0.29, 0.717) is 27.8 Å². The minimum atomic E-state index is -3.34. The van der Waals surface area contributed by atoms with Crippen LogP contribution in [0, 0.1) is 6.92 Å². The normalized spacial score (nSPS) is 12.7. The molecule has 0 saturated heterocycles. The lowest BCUT2D eigenvalue weighted by Gasteiger charge is -2.16. The lowest BCUT2D eigenvalue weighted by molar-refractivity contribution is -0.131. The van der Waals surface area contributed by atoms with Crippen molar-refractivity contribution in [1.29, 1.82) is 0 Å². The van der Waals surface area contributed by atoms with Gasteiger partial charge in [0.2, 0.25) is 0 Å². The minimum Gasteiger partial charge on any atom is -0.507 e. The number of hydrogen-bond acceptors (Lipinski definition) is 5. The summed E-state index contributed by atoms with van der Waals surface area (Å²) in [4.78, 5) is 12.0. The van der Waals surface area contributed by atoms with E-state index in [1.54, 1.807) is 30.3 Å². The number of carbonyl (C=O) groups excluding carboxylic acids is 1. The maximum absolute atomic E-state index is 12.5. The molecule has 3 aromatic rings. The molecule has 3 aromatic carbocycles. The van der Waals surface area contributed by atoms with Crippen LogP contribution in [0.3, 0.4) is 0 Å². The van der Waals surface area contributed by atoms with Gasteiger partial charge in [0.05, 0.1) is 10.6 Å². The van der Waals surface area contributed by atoms with E-state index in [4.69, 9.17) is 4.74 Å². The number of hydrogen-bond donors (Lipinski definition) is 1. The number of rotatable bonds is 9. The molecule has 0 aliphatic rings. The number of allylic oxidation sites excluding steroid dienone is 3. The summed E-state index contributed by atoms with van der Waals surface area (Å²) in [6, 6.07) is 15.8. The largest absolute Gasteiger partial charge is 0.507 e. The van der Waals surface area contributed by atoms with E-state index in [2.05, 4.69) is 6.08 Å². The Kier molecular flexibility index (Phi) is 8.52. The average Bonchev–Trinajstić information content (AvgIpc) is 2.82. The second kappa shape index (κ2) is 11.4. The Morgan fingerprint density at radius 2 is 1.54 bits per heavy atom. The van der Waals surface area contributed by atoms with Gasteiger partial charge in [-0.25, -0.2) is 8.42 Å². The minimum absolute atomic E-state index is 0.00283. The van der Waals surface area contributed by atoms with E-state index in [9.17, 15) is 18.3 Å². The van der Waals surface area contributed by atoms with Crippen LogP contribution in [0.1, 0.15) is 44.7 Å². The standard InChI is InChI=1S/C29H32O5S/c1-20(11-10-12-21(2)19-35(32,33)24-13-6-5-7-14-24)17-18-25-22(3)29(34-23(4)30)27-16-9-8-15-26(27)28(25)31/h5-9,12-17,31H,10-11,18-19H2,1-4H3/b20-17+,21-12+. The lowest BCUT2D eigenvalue weighted by atomic mass is 9.95. The monoisotopic (exact) mass is 492 g/mol. The molecule has 0 spiro atoms. The topological polar surface area (TPSA) is 80.7 Å². The molecule has 184 valence electrons. The van der Waals surface area contributed by atoms with Gasteiger partial charge in [0.25, 0.3) is 0 Å². The summed E-state index contributed by atoms with van der Waals surface area (Å²) < 4.78 is 30.6. The first-order valence-electron chi connectivity index (χ1n) is 11.6. The third kappa shape index (κ3) is 6.61. The molecule has 0 bridgehead atoms. The molecule has 5 nitrogen and oxygen atoms in total. The SMILES string of the molecule is CC(=O)Oc1c(C)c(C/C=C(\C)CC/C=C(\C)CS(=O)(=O)c2ccccc2)c(O)c2ccccc12. The number of benzene rings is 3. The number of phenols is 1. The fraction of sp³-hybridized carbons (Fsp3) is 0.276. The molecule has 0 atom stereocenters. The summed E-state index contributed by atoms with van der Waals surface area (Å²) in [5.41, 5.74) is 3.40. The van der Waals surface area contributed by atoms with E-state index in [-0.39, 0.29) is 11.5 Å². The lowest BCUT2D eigenvalue weighted by Crippen LogP contribution is -2.07. The number of fused-ring (bicyclic) bond motifs is 1. The van der Waals surface area contributed by atoms with Crippen molar-refractivity contribution in [3.63, 3.8) is 0 Å². The predicted molar refractivity (Wildman–Crippen MR) is 141 cm³/mol. The molecule has 1 N–H and O–H groups in total. The summed E-state index contributed by atoms with van der Waals surface area (Å²) in [7, 11) is -3.34. The first-order valence-corrected chi connectivity index (χ1v) is 13.3. The Hall–Kier alpha value is -3.38. The quantitative estimate of drug-likeness (QED) is 0.210. The van der Waals surface area contributed by atoms with Crippen molar-refractivity contribution in [2.45, 2.75) is 51.9 Å². The number of phenolic OH excluding ortho intramolecular Hbond substituents is 1. The maximum atomic E-state index is 12.5. The van der Waals surface area contributed by atoms with Crippen molar-refractivity contribution < 1.29 is 23.1 Å². The van der Waals surface area contributed by atoms with Crippen molar-refractivity contribution in [1.82, 2.24) is 0 Å². The zero-order chi connectivity index (χ0) is 25.6. The van der Waals surface area contributed by atoms with E-state index >= 15 is 0 Å². The second-order valence-electron chi connectivity index (χ2n) is 8.84. The summed E-state index contributed by atoms with van der Waals surface area (Å²) in [6.07, 6.45) is 6.01. The highest BCUT2D eigenvalue weighted by atomic mass is 32.2. The van der Waals surface area contributed by atoms with Crippen LogP contribution in [0.25, 0.3) is 10.8 Å². The van der Waals surface area contributed by atoms with Gasteiger partial charge in [-0.1, -0.05) is 65.8 Å². The summed E-state index contributed by atoms with van der Waals surface area (Å²) in [5.74, 6) is 0.270. The number of aromatic hydroxyl groups is 1. The fourth-order valence-electron chi connectivity index (χ4n) is 4.09. The van der Waals surface area contributed by atoms with Crippen LogP contribution >= 0.6 is 0 Å². The highest BCUT2D eigenvalue weighted by molar-refractivity contribution is 7.91. The van der Waals surface area contributed by atoms with Crippen molar-refractivity contribution in [3.8, 4) is 11.5 Å². The summed E-state index contributed by atoms with van der Waals surface area (Å²) in [5, 5.41) is 12.3. The van der Waals surface area contributed by atoms with Gasteiger partial charge in [-0.15, -0.1) is 0 Å². The average molecular weight is 493 g/mol. The van der Waals surface area contributed by atoms with Crippen molar-refractivity contribution >= 4 is 26.6 Å². The van der Waals surface area contributed by atoms with Crippen LogP contribution in [0.15, 0.2) is 82.8 Å². The molecule has 0 aliphatic carbocycles. The van der Waals surface area contributed by atoms with E-state index in [0.717, 1.165) is 35.1 Å². The first-order chi connectivity index (χ1) is 16.6. The predicted octanol–water partition coefficient (Wildman–Crippen LogP) is 6.47. The fourth-order valence-corrected chi connectivity index (χ4v) is 5.54. The van der Waals surface area contributed by atoms with Gasteiger partial charge in [-0.05, 0) is 57.7 Å². The van der Waals surface area contributed by atoms with Gasteiger partial charge in [0, 0.05) is 23.3 Å². The van der Waals surface area contributed by atoms with Crippen LogP contribution in [-0.4, -0.2) is 25.2 Å². The molecular weight excluding hydrogens is 460 g/mol. The van der Waals surface area contributed by atoms with E-state index < -0.39 is 15.8 Å². The molecule has 0 amide bonds. The van der Waals surface area contributed by atoms with Crippen LogP contribution in [0.5, 0.6) is 11.5 Å². The van der Waals surface area contributed by atoms with Gasteiger partial charge >= 0.3 is 5.97 Å². The number of esters is 1. The molecular formula is C29H32O5S. The molecule has 6 heteroatoms. The summed E-state index contributed by atoms with van der Waals surface area (Å²) >= 11 is 0. The smallest absolute Gasteiger partial charge is 0.308 e. The van der Waals surface area contributed by atoms with Gasteiger partial charge in [-0.2, -0.15) is 0 Å². The molecule has 3 rings (SSSR count). The van der Waals surface area contributed by atoms with Crippen molar-refractivity contribution in [2.24, 2.45) is 0 Å². The van der Waals surface area contributed by atoms with Crippen LogP contribution in [0.4, 0.5) is 0 Å². The van der Waals surface area contributed by atoms with Crippen molar-refractivity contribution in [3.05, 3.63) is 89.0 Å². The molecule has 0 saturated carbocycles. The van der Waals surface area contributed by atoms with Crippen LogP contribution in [0.2, 0.25) is 0 Å². The Balaban J connectivity index is 1.71. The third-order valence-corrected chi connectivity index (χ3v) is 7.78. The van der Waals surface area contributed by atoms with E-state index in [1.807, 2.05) is 51.1 Å². The molecule has 0 unspecified atom stereocenters.